The van der Waals surface area contributed by atoms with Gasteiger partial charge in [0.2, 0.25) is 5.91 Å². The maximum atomic E-state index is 11.6. The largest absolute Gasteiger partial charge is 0.494 e. The van der Waals surface area contributed by atoms with Gasteiger partial charge in [0.05, 0.1) is 6.61 Å². The number of rotatable bonds is 7. The molecule has 0 saturated heterocycles. The van der Waals surface area contributed by atoms with Crippen molar-refractivity contribution < 1.29 is 9.53 Å². The quantitative estimate of drug-likeness (QED) is 0.781. The minimum atomic E-state index is -0.243. The molecule has 1 amide bonds. The van der Waals surface area contributed by atoms with Gasteiger partial charge >= 0.3 is 0 Å². The van der Waals surface area contributed by atoms with Crippen LogP contribution in [-0.4, -0.2) is 25.1 Å². The number of amides is 1. The molecular formula is C14H22N2O2. The fraction of sp³-hybridized carbons (Fsp3) is 0.500. The standard InChI is InChI=1S/C14H22N2O2/c1-4-10-18-13-8-6-12(7-9-13)16-11(3)14(17)15-5-2/h6-9,11,16H,4-5,10H2,1-3H3,(H,15,17). The molecule has 0 fully saturated rings. The first-order valence-electron chi connectivity index (χ1n) is 6.44. The van der Waals surface area contributed by atoms with Crippen molar-refractivity contribution in [2.45, 2.75) is 33.2 Å². The summed E-state index contributed by atoms with van der Waals surface area (Å²) in [6.07, 6.45) is 0.994. The molecule has 2 N–H and O–H groups in total. The highest BCUT2D eigenvalue weighted by Gasteiger charge is 2.10. The number of ether oxygens (including phenoxy) is 1. The molecule has 4 heteroatoms. The van der Waals surface area contributed by atoms with Gasteiger partial charge in [-0.3, -0.25) is 4.79 Å². The number of carbonyl (C=O) groups is 1. The summed E-state index contributed by atoms with van der Waals surface area (Å²) in [5.74, 6) is 0.858. The first-order chi connectivity index (χ1) is 8.67. The molecule has 0 radical (unpaired) electrons. The summed E-state index contributed by atoms with van der Waals surface area (Å²) in [6.45, 7) is 7.19. The van der Waals surface area contributed by atoms with E-state index in [1.54, 1.807) is 0 Å². The Bertz CT molecular complexity index is 363. The summed E-state index contributed by atoms with van der Waals surface area (Å²) >= 11 is 0. The number of nitrogens with one attached hydrogen (secondary N) is 2. The van der Waals surface area contributed by atoms with Crippen molar-refractivity contribution in [3.8, 4) is 5.75 Å². The lowest BCUT2D eigenvalue weighted by molar-refractivity contribution is -0.121. The minimum absolute atomic E-state index is 0.00353. The van der Waals surface area contributed by atoms with Gasteiger partial charge in [0.1, 0.15) is 11.8 Å². The summed E-state index contributed by atoms with van der Waals surface area (Å²) in [5.41, 5.74) is 0.914. The summed E-state index contributed by atoms with van der Waals surface area (Å²) < 4.78 is 5.49. The van der Waals surface area contributed by atoms with Crippen molar-refractivity contribution in [3.63, 3.8) is 0 Å². The van der Waals surface area contributed by atoms with Gasteiger partial charge in [-0.1, -0.05) is 6.92 Å². The Morgan fingerprint density at radius 1 is 1.28 bits per heavy atom. The number of hydrogen-bond acceptors (Lipinski definition) is 3. The molecule has 18 heavy (non-hydrogen) atoms. The fourth-order valence-corrected chi connectivity index (χ4v) is 1.51. The highest BCUT2D eigenvalue weighted by atomic mass is 16.5. The Labute approximate surface area is 109 Å². The van der Waals surface area contributed by atoms with Gasteiger partial charge in [-0.2, -0.15) is 0 Å². The third kappa shape index (κ3) is 4.65. The van der Waals surface area contributed by atoms with Crippen LogP contribution >= 0.6 is 0 Å². The molecule has 0 saturated carbocycles. The molecule has 0 aliphatic carbocycles. The Morgan fingerprint density at radius 2 is 1.94 bits per heavy atom. The van der Waals surface area contributed by atoms with Crippen molar-refractivity contribution in [3.05, 3.63) is 24.3 Å². The van der Waals surface area contributed by atoms with Crippen LogP contribution in [0.3, 0.4) is 0 Å². The van der Waals surface area contributed by atoms with E-state index in [1.165, 1.54) is 0 Å². The normalized spacial score (nSPS) is 11.7. The summed E-state index contributed by atoms with van der Waals surface area (Å²) in [6, 6.07) is 7.40. The summed E-state index contributed by atoms with van der Waals surface area (Å²) in [4.78, 5) is 11.6. The van der Waals surface area contributed by atoms with Gasteiger partial charge in [0, 0.05) is 12.2 Å². The Hall–Kier alpha value is -1.71. The zero-order valence-electron chi connectivity index (χ0n) is 11.3. The molecule has 4 nitrogen and oxygen atoms in total. The van der Waals surface area contributed by atoms with Crippen molar-refractivity contribution in [2.24, 2.45) is 0 Å². The Morgan fingerprint density at radius 3 is 2.50 bits per heavy atom. The number of anilines is 1. The topological polar surface area (TPSA) is 50.4 Å². The molecule has 1 unspecified atom stereocenters. The van der Waals surface area contributed by atoms with Crippen LogP contribution in [0.15, 0.2) is 24.3 Å². The molecule has 100 valence electrons. The second kappa shape index (κ2) is 7.58. The van der Waals surface area contributed by atoms with Crippen LogP contribution < -0.4 is 15.4 Å². The first-order valence-corrected chi connectivity index (χ1v) is 6.44. The molecule has 1 atom stereocenters. The molecule has 0 aromatic heterocycles. The first kappa shape index (κ1) is 14.4. The number of likely N-dealkylation sites (N-methyl/N-ethyl adjacent to an activating group) is 1. The van der Waals surface area contributed by atoms with Crippen LogP contribution in [0.1, 0.15) is 27.2 Å². The molecule has 0 aliphatic rings. The second-order valence-electron chi connectivity index (χ2n) is 4.13. The zero-order valence-corrected chi connectivity index (χ0v) is 11.3. The average Bonchev–Trinajstić information content (AvgIpc) is 2.38. The van der Waals surface area contributed by atoms with Crippen LogP contribution in [0.4, 0.5) is 5.69 Å². The van der Waals surface area contributed by atoms with E-state index in [-0.39, 0.29) is 11.9 Å². The molecule has 0 bridgehead atoms. The molecule has 1 aromatic rings. The van der Waals surface area contributed by atoms with Gasteiger partial charge in [-0.15, -0.1) is 0 Å². The van der Waals surface area contributed by atoms with Crippen LogP contribution in [0, 0.1) is 0 Å². The van der Waals surface area contributed by atoms with Gasteiger partial charge in [-0.25, -0.2) is 0 Å². The second-order valence-corrected chi connectivity index (χ2v) is 4.13. The van der Waals surface area contributed by atoms with Crippen LogP contribution in [0.2, 0.25) is 0 Å². The lowest BCUT2D eigenvalue weighted by Crippen LogP contribution is -2.37. The lowest BCUT2D eigenvalue weighted by Gasteiger charge is -2.15. The minimum Gasteiger partial charge on any atom is -0.494 e. The van der Waals surface area contributed by atoms with E-state index in [0.29, 0.717) is 6.54 Å². The Balaban J connectivity index is 2.50. The highest BCUT2D eigenvalue weighted by molar-refractivity contribution is 5.84. The molecule has 1 aromatic carbocycles. The SMILES string of the molecule is CCCOc1ccc(NC(C)C(=O)NCC)cc1. The van der Waals surface area contributed by atoms with Gasteiger partial charge < -0.3 is 15.4 Å². The molecule has 0 heterocycles. The van der Waals surface area contributed by atoms with Crippen LogP contribution in [0.5, 0.6) is 5.75 Å². The number of hydrogen-bond donors (Lipinski definition) is 2. The highest BCUT2D eigenvalue weighted by Crippen LogP contribution is 2.16. The predicted octanol–water partition coefficient (Wildman–Crippen LogP) is 2.41. The van der Waals surface area contributed by atoms with Crippen molar-refractivity contribution >= 4 is 11.6 Å². The van der Waals surface area contributed by atoms with Crippen molar-refractivity contribution in [1.82, 2.24) is 5.32 Å². The summed E-state index contributed by atoms with van der Waals surface area (Å²) in [7, 11) is 0. The number of benzene rings is 1. The maximum absolute atomic E-state index is 11.6. The van der Waals surface area contributed by atoms with E-state index in [2.05, 4.69) is 17.6 Å². The van der Waals surface area contributed by atoms with E-state index >= 15 is 0 Å². The molecular weight excluding hydrogens is 228 g/mol. The predicted molar refractivity (Wildman–Crippen MR) is 74.0 cm³/mol. The maximum Gasteiger partial charge on any atom is 0.242 e. The monoisotopic (exact) mass is 250 g/mol. The van der Waals surface area contributed by atoms with E-state index < -0.39 is 0 Å². The van der Waals surface area contributed by atoms with E-state index in [9.17, 15) is 4.79 Å². The summed E-state index contributed by atoms with van der Waals surface area (Å²) in [5, 5.41) is 5.92. The van der Waals surface area contributed by atoms with Crippen molar-refractivity contribution in [2.75, 3.05) is 18.5 Å². The smallest absolute Gasteiger partial charge is 0.242 e. The fourth-order valence-electron chi connectivity index (χ4n) is 1.51. The van der Waals surface area contributed by atoms with E-state index in [4.69, 9.17) is 4.74 Å². The average molecular weight is 250 g/mol. The molecule has 0 spiro atoms. The Kier molecular flexibility index (Phi) is 6.05. The third-order valence-electron chi connectivity index (χ3n) is 2.45. The third-order valence-corrected chi connectivity index (χ3v) is 2.45. The van der Waals surface area contributed by atoms with E-state index in [1.807, 2.05) is 38.1 Å². The van der Waals surface area contributed by atoms with Gasteiger partial charge in [0.15, 0.2) is 0 Å². The van der Waals surface area contributed by atoms with Crippen molar-refractivity contribution in [1.29, 1.82) is 0 Å². The van der Waals surface area contributed by atoms with Crippen LogP contribution in [0.25, 0.3) is 0 Å². The van der Waals surface area contributed by atoms with Crippen LogP contribution in [-0.2, 0) is 4.79 Å². The lowest BCUT2D eigenvalue weighted by atomic mass is 10.2. The molecule has 0 aliphatic heterocycles. The zero-order chi connectivity index (χ0) is 13.4. The number of carbonyl (C=O) groups excluding carboxylic acids is 1. The van der Waals surface area contributed by atoms with Gasteiger partial charge in [-0.05, 0) is 44.5 Å². The van der Waals surface area contributed by atoms with E-state index in [0.717, 1.165) is 24.5 Å². The molecule has 1 rings (SSSR count). The van der Waals surface area contributed by atoms with Gasteiger partial charge in [0.25, 0.3) is 0 Å².